The van der Waals surface area contributed by atoms with E-state index in [0.717, 1.165) is 19.6 Å². The summed E-state index contributed by atoms with van der Waals surface area (Å²) < 4.78 is 6.31. The smallest absolute Gasteiger partial charge is 0.0476 e. The summed E-state index contributed by atoms with van der Waals surface area (Å²) in [6.45, 7) is 4.24. The Balaban J connectivity index is 3.03. The highest BCUT2D eigenvalue weighted by atomic mass is 127. The van der Waals surface area contributed by atoms with Crippen molar-refractivity contribution in [3.8, 4) is 0 Å². The average Bonchev–Trinajstić information content (AvgIpc) is 2.14. The molecule has 0 fully saturated rings. The number of nitrogens with one attached hydrogen (secondary N) is 1. The van der Waals surface area contributed by atoms with Gasteiger partial charge >= 0.3 is 0 Å². The number of hydrogen-bond donors (Lipinski definition) is 1. The summed E-state index contributed by atoms with van der Waals surface area (Å²) in [4.78, 5) is 0. The SMILES string of the molecule is COCCC(C)NCCCCCI. The maximum Gasteiger partial charge on any atom is 0.0476 e. The Morgan fingerprint density at radius 2 is 2.08 bits per heavy atom. The lowest BCUT2D eigenvalue weighted by Gasteiger charge is -2.12. The fraction of sp³-hybridized carbons (Fsp3) is 1.00. The molecule has 0 rings (SSSR count). The van der Waals surface area contributed by atoms with E-state index in [0.29, 0.717) is 6.04 Å². The largest absolute Gasteiger partial charge is 0.385 e. The van der Waals surface area contributed by atoms with E-state index in [9.17, 15) is 0 Å². The van der Waals surface area contributed by atoms with Crippen LogP contribution in [0.4, 0.5) is 0 Å². The third-order valence-corrected chi connectivity index (χ3v) is 2.82. The molecular formula is C10H22INO. The molecule has 0 radical (unpaired) electrons. The summed E-state index contributed by atoms with van der Waals surface area (Å²) in [6, 6.07) is 0.597. The number of halogens is 1. The second kappa shape index (κ2) is 10.7. The van der Waals surface area contributed by atoms with Crippen LogP contribution in [0.1, 0.15) is 32.6 Å². The van der Waals surface area contributed by atoms with Gasteiger partial charge in [-0.3, -0.25) is 0 Å². The van der Waals surface area contributed by atoms with Gasteiger partial charge in [-0.25, -0.2) is 0 Å². The van der Waals surface area contributed by atoms with Gasteiger partial charge in [0, 0.05) is 19.8 Å². The Hall–Kier alpha value is 0.650. The zero-order chi connectivity index (χ0) is 9.94. The Kier molecular flexibility index (Phi) is 11.3. The monoisotopic (exact) mass is 299 g/mol. The van der Waals surface area contributed by atoms with Crippen molar-refractivity contribution < 1.29 is 4.74 Å². The molecule has 0 saturated heterocycles. The van der Waals surface area contributed by atoms with Crippen molar-refractivity contribution in [3.05, 3.63) is 0 Å². The first kappa shape index (κ1) is 13.7. The third-order valence-electron chi connectivity index (χ3n) is 2.06. The van der Waals surface area contributed by atoms with Gasteiger partial charge in [0.1, 0.15) is 0 Å². The molecule has 0 saturated carbocycles. The van der Waals surface area contributed by atoms with Crippen LogP contribution in [0.25, 0.3) is 0 Å². The molecule has 80 valence electrons. The summed E-state index contributed by atoms with van der Waals surface area (Å²) in [6.07, 6.45) is 5.13. The van der Waals surface area contributed by atoms with Gasteiger partial charge < -0.3 is 10.1 Å². The molecule has 0 aromatic rings. The van der Waals surface area contributed by atoms with Crippen LogP contribution in [0.5, 0.6) is 0 Å². The summed E-state index contributed by atoms with van der Waals surface area (Å²) in [7, 11) is 1.76. The number of unbranched alkanes of at least 4 members (excludes halogenated alkanes) is 2. The molecule has 2 nitrogen and oxygen atoms in total. The molecule has 1 N–H and O–H groups in total. The Morgan fingerprint density at radius 3 is 2.69 bits per heavy atom. The maximum absolute atomic E-state index is 5.02. The standard InChI is InChI=1S/C10H22INO/c1-10(6-9-13-2)12-8-5-3-4-7-11/h10,12H,3-9H2,1-2H3. The number of alkyl halides is 1. The predicted molar refractivity (Wildman–Crippen MR) is 66.7 cm³/mol. The van der Waals surface area contributed by atoms with E-state index in [1.807, 2.05) is 0 Å². The molecule has 1 atom stereocenters. The average molecular weight is 299 g/mol. The molecule has 0 aliphatic rings. The topological polar surface area (TPSA) is 21.3 Å². The molecular weight excluding hydrogens is 277 g/mol. The van der Waals surface area contributed by atoms with Crippen molar-refractivity contribution in [2.24, 2.45) is 0 Å². The van der Waals surface area contributed by atoms with Gasteiger partial charge in [-0.15, -0.1) is 0 Å². The van der Waals surface area contributed by atoms with Crippen LogP contribution in [-0.4, -0.2) is 30.7 Å². The van der Waals surface area contributed by atoms with Crippen LogP contribution in [0.2, 0.25) is 0 Å². The summed E-state index contributed by atoms with van der Waals surface area (Å²) in [5, 5.41) is 3.49. The Labute approximate surface area is 95.9 Å². The second-order valence-corrected chi connectivity index (χ2v) is 4.47. The number of ether oxygens (including phenoxy) is 1. The molecule has 0 aromatic heterocycles. The lowest BCUT2D eigenvalue weighted by molar-refractivity contribution is 0.185. The minimum absolute atomic E-state index is 0.597. The van der Waals surface area contributed by atoms with Crippen molar-refractivity contribution in [2.45, 2.75) is 38.6 Å². The van der Waals surface area contributed by atoms with Crippen LogP contribution in [0.15, 0.2) is 0 Å². The highest BCUT2D eigenvalue weighted by molar-refractivity contribution is 14.1. The first-order chi connectivity index (χ1) is 6.31. The second-order valence-electron chi connectivity index (χ2n) is 3.39. The molecule has 1 unspecified atom stereocenters. The molecule has 13 heavy (non-hydrogen) atoms. The van der Waals surface area contributed by atoms with Crippen LogP contribution in [0, 0.1) is 0 Å². The van der Waals surface area contributed by atoms with Crippen molar-refractivity contribution in [1.29, 1.82) is 0 Å². The maximum atomic E-state index is 5.02. The first-order valence-corrected chi connectivity index (χ1v) is 6.62. The number of rotatable bonds is 9. The number of methoxy groups -OCH3 is 1. The molecule has 3 heteroatoms. The van der Waals surface area contributed by atoms with Crippen LogP contribution >= 0.6 is 22.6 Å². The fourth-order valence-electron chi connectivity index (χ4n) is 1.14. The van der Waals surface area contributed by atoms with Crippen molar-refractivity contribution >= 4 is 22.6 Å². The molecule has 0 aliphatic carbocycles. The van der Waals surface area contributed by atoms with Crippen LogP contribution in [0.3, 0.4) is 0 Å². The van der Waals surface area contributed by atoms with Gasteiger partial charge in [0.25, 0.3) is 0 Å². The molecule has 0 amide bonds. The van der Waals surface area contributed by atoms with E-state index in [1.54, 1.807) is 7.11 Å². The lowest BCUT2D eigenvalue weighted by atomic mass is 10.2. The van der Waals surface area contributed by atoms with Gasteiger partial charge in [0.05, 0.1) is 0 Å². The minimum atomic E-state index is 0.597. The zero-order valence-electron chi connectivity index (χ0n) is 8.81. The quantitative estimate of drug-likeness (QED) is 0.401. The van der Waals surface area contributed by atoms with Crippen LogP contribution < -0.4 is 5.32 Å². The van der Waals surface area contributed by atoms with Crippen molar-refractivity contribution in [3.63, 3.8) is 0 Å². The normalized spacial score (nSPS) is 13.2. The highest BCUT2D eigenvalue weighted by Gasteiger charge is 1.98. The zero-order valence-corrected chi connectivity index (χ0v) is 11.0. The first-order valence-electron chi connectivity index (χ1n) is 5.09. The van der Waals surface area contributed by atoms with Crippen molar-refractivity contribution in [1.82, 2.24) is 5.32 Å². The highest BCUT2D eigenvalue weighted by Crippen LogP contribution is 1.98. The Morgan fingerprint density at radius 1 is 1.31 bits per heavy atom. The van der Waals surface area contributed by atoms with Gasteiger partial charge in [-0.2, -0.15) is 0 Å². The van der Waals surface area contributed by atoms with Gasteiger partial charge in [-0.05, 0) is 37.2 Å². The fourth-order valence-corrected chi connectivity index (χ4v) is 1.68. The third kappa shape index (κ3) is 10.6. The van der Waals surface area contributed by atoms with Gasteiger partial charge in [0.2, 0.25) is 0 Å². The Bertz CT molecular complexity index is 101. The lowest BCUT2D eigenvalue weighted by Crippen LogP contribution is -2.28. The minimum Gasteiger partial charge on any atom is -0.385 e. The van der Waals surface area contributed by atoms with E-state index >= 15 is 0 Å². The summed E-state index contributed by atoms with van der Waals surface area (Å²) in [5.74, 6) is 0. The van der Waals surface area contributed by atoms with Crippen molar-refractivity contribution in [2.75, 3.05) is 24.7 Å². The van der Waals surface area contributed by atoms with E-state index in [2.05, 4.69) is 34.8 Å². The predicted octanol–water partition coefficient (Wildman–Crippen LogP) is 2.61. The van der Waals surface area contributed by atoms with Crippen LogP contribution in [-0.2, 0) is 4.74 Å². The van der Waals surface area contributed by atoms with E-state index in [4.69, 9.17) is 4.74 Å². The molecule has 0 bridgehead atoms. The molecule has 0 spiro atoms. The molecule has 0 aliphatic heterocycles. The number of hydrogen-bond acceptors (Lipinski definition) is 2. The van der Waals surface area contributed by atoms with Gasteiger partial charge in [0.15, 0.2) is 0 Å². The van der Waals surface area contributed by atoms with E-state index in [1.165, 1.54) is 23.7 Å². The molecule has 0 heterocycles. The summed E-state index contributed by atoms with van der Waals surface area (Å²) in [5.41, 5.74) is 0. The van der Waals surface area contributed by atoms with E-state index < -0.39 is 0 Å². The summed E-state index contributed by atoms with van der Waals surface area (Å²) >= 11 is 2.43. The van der Waals surface area contributed by atoms with Gasteiger partial charge in [-0.1, -0.05) is 29.0 Å². The van der Waals surface area contributed by atoms with E-state index in [-0.39, 0.29) is 0 Å². The molecule has 0 aromatic carbocycles.